The molecule has 0 aromatic heterocycles. The Morgan fingerprint density at radius 2 is 2.00 bits per heavy atom. The normalized spacial score (nSPS) is 20.6. The summed E-state index contributed by atoms with van der Waals surface area (Å²) in [4.78, 5) is 0. The van der Waals surface area contributed by atoms with Crippen LogP contribution in [0.5, 0.6) is 0 Å². The Balaban J connectivity index is 2.10. The third-order valence-electron chi connectivity index (χ3n) is 3.80. The van der Waals surface area contributed by atoms with Crippen molar-refractivity contribution in [1.82, 2.24) is 5.32 Å². The van der Waals surface area contributed by atoms with Crippen LogP contribution >= 0.6 is 0 Å². The second-order valence-corrected chi connectivity index (χ2v) is 5.83. The molecule has 1 fully saturated rings. The van der Waals surface area contributed by atoms with E-state index in [9.17, 15) is 0 Å². The van der Waals surface area contributed by atoms with Crippen molar-refractivity contribution in [3.05, 3.63) is 0 Å². The highest BCUT2D eigenvalue weighted by Crippen LogP contribution is 2.30. The van der Waals surface area contributed by atoms with Crippen LogP contribution in [0, 0.1) is 11.3 Å². The summed E-state index contributed by atoms with van der Waals surface area (Å²) in [6.45, 7) is 10.5. The summed E-state index contributed by atoms with van der Waals surface area (Å²) >= 11 is 0. The summed E-state index contributed by atoms with van der Waals surface area (Å²) in [7, 11) is 0. The average Bonchev–Trinajstić information content (AvgIpc) is 2.08. The van der Waals surface area contributed by atoms with Crippen molar-refractivity contribution in [2.75, 3.05) is 6.54 Å². The van der Waals surface area contributed by atoms with Gasteiger partial charge in [-0.15, -0.1) is 0 Å². The van der Waals surface area contributed by atoms with Gasteiger partial charge in [0.2, 0.25) is 0 Å². The van der Waals surface area contributed by atoms with E-state index in [2.05, 4.69) is 33.0 Å². The van der Waals surface area contributed by atoms with Crippen LogP contribution < -0.4 is 5.32 Å². The maximum absolute atomic E-state index is 3.67. The van der Waals surface area contributed by atoms with Crippen LogP contribution in [0.3, 0.4) is 0 Å². The molecule has 0 aromatic rings. The average molecular weight is 197 g/mol. The van der Waals surface area contributed by atoms with Gasteiger partial charge in [0.1, 0.15) is 0 Å². The lowest BCUT2D eigenvalue weighted by atomic mass is 9.81. The molecule has 0 aliphatic heterocycles. The van der Waals surface area contributed by atoms with Gasteiger partial charge >= 0.3 is 0 Å². The van der Waals surface area contributed by atoms with Gasteiger partial charge in [0.15, 0.2) is 0 Å². The Bertz CT molecular complexity index is 159. The summed E-state index contributed by atoms with van der Waals surface area (Å²) < 4.78 is 0. The van der Waals surface area contributed by atoms with Crippen LogP contribution in [-0.2, 0) is 0 Å². The lowest BCUT2D eigenvalue weighted by molar-refractivity contribution is 0.245. The Hall–Kier alpha value is -0.0400. The van der Waals surface area contributed by atoms with Gasteiger partial charge in [0.25, 0.3) is 0 Å². The van der Waals surface area contributed by atoms with Gasteiger partial charge in [0.05, 0.1) is 0 Å². The van der Waals surface area contributed by atoms with Gasteiger partial charge in [-0.2, -0.15) is 0 Å². The molecule has 1 saturated carbocycles. The van der Waals surface area contributed by atoms with E-state index >= 15 is 0 Å². The summed E-state index contributed by atoms with van der Waals surface area (Å²) in [6, 6.07) is 0.714. The third kappa shape index (κ3) is 4.00. The van der Waals surface area contributed by atoms with Crippen molar-refractivity contribution in [1.29, 1.82) is 0 Å². The quantitative estimate of drug-likeness (QED) is 0.686. The molecule has 1 aliphatic rings. The molecule has 1 N–H and O–H groups in total. The molecule has 0 heterocycles. The third-order valence-corrected chi connectivity index (χ3v) is 3.80. The van der Waals surface area contributed by atoms with Crippen molar-refractivity contribution in [2.45, 2.75) is 65.8 Å². The first-order valence-corrected chi connectivity index (χ1v) is 6.27. The minimum absolute atomic E-state index is 0.466. The number of nitrogens with one attached hydrogen (secondary N) is 1. The zero-order chi connectivity index (χ0) is 10.6. The number of hydrogen-bond acceptors (Lipinski definition) is 1. The number of rotatable bonds is 6. The molecule has 0 aromatic carbocycles. The summed E-state index contributed by atoms with van der Waals surface area (Å²) in [5.74, 6) is 1.03. The fraction of sp³-hybridized carbons (Fsp3) is 1.00. The predicted octanol–water partition coefficient (Wildman–Crippen LogP) is 3.59. The van der Waals surface area contributed by atoms with Gasteiger partial charge in [-0.25, -0.2) is 0 Å². The summed E-state index contributed by atoms with van der Waals surface area (Å²) in [5.41, 5.74) is 0.466. The second-order valence-electron chi connectivity index (χ2n) is 5.83. The summed E-state index contributed by atoms with van der Waals surface area (Å²) in [5, 5.41) is 3.67. The molecule has 0 saturated heterocycles. The minimum atomic E-state index is 0.466. The van der Waals surface area contributed by atoms with Gasteiger partial charge in [-0.05, 0) is 31.1 Å². The van der Waals surface area contributed by atoms with Gasteiger partial charge in [-0.3, -0.25) is 0 Å². The fourth-order valence-electron chi connectivity index (χ4n) is 1.89. The standard InChI is InChI=1S/C13H27N/c1-5-13(3,4)10-14-11(2)9-12-7-6-8-12/h11-12,14H,5-10H2,1-4H3. The van der Waals surface area contributed by atoms with E-state index < -0.39 is 0 Å². The molecule has 1 nitrogen and oxygen atoms in total. The SMILES string of the molecule is CCC(C)(C)CNC(C)CC1CCC1. The van der Waals surface area contributed by atoms with Crippen molar-refractivity contribution in [3.63, 3.8) is 0 Å². The molecule has 0 bridgehead atoms. The van der Waals surface area contributed by atoms with E-state index in [0.717, 1.165) is 12.5 Å². The molecule has 0 spiro atoms. The van der Waals surface area contributed by atoms with E-state index in [-0.39, 0.29) is 0 Å². The molecule has 1 atom stereocenters. The maximum atomic E-state index is 3.67. The summed E-state index contributed by atoms with van der Waals surface area (Å²) in [6.07, 6.45) is 7.07. The fourth-order valence-corrected chi connectivity index (χ4v) is 1.89. The van der Waals surface area contributed by atoms with E-state index in [0.29, 0.717) is 11.5 Å². The Morgan fingerprint density at radius 1 is 1.36 bits per heavy atom. The van der Waals surface area contributed by atoms with Crippen LogP contribution in [0.2, 0.25) is 0 Å². The molecule has 1 aliphatic carbocycles. The first kappa shape index (κ1) is 12.0. The highest BCUT2D eigenvalue weighted by molar-refractivity contribution is 4.77. The first-order chi connectivity index (χ1) is 6.53. The molecule has 14 heavy (non-hydrogen) atoms. The maximum Gasteiger partial charge on any atom is 0.00415 e. The first-order valence-electron chi connectivity index (χ1n) is 6.27. The highest BCUT2D eigenvalue weighted by atomic mass is 14.9. The van der Waals surface area contributed by atoms with E-state index in [1.54, 1.807) is 0 Å². The van der Waals surface area contributed by atoms with Gasteiger partial charge < -0.3 is 5.32 Å². The Kier molecular flexibility index (Phi) is 4.43. The highest BCUT2D eigenvalue weighted by Gasteiger charge is 2.21. The Labute approximate surface area is 89.7 Å². The molecule has 0 amide bonds. The molecule has 1 heteroatoms. The monoisotopic (exact) mass is 197 g/mol. The minimum Gasteiger partial charge on any atom is -0.314 e. The predicted molar refractivity (Wildman–Crippen MR) is 63.5 cm³/mol. The van der Waals surface area contributed by atoms with Crippen LogP contribution in [0.4, 0.5) is 0 Å². The lowest BCUT2D eigenvalue weighted by Crippen LogP contribution is -2.37. The topological polar surface area (TPSA) is 12.0 Å². The molecular weight excluding hydrogens is 170 g/mol. The van der Waals surface area contributed by atoms with Crippen LogP contribution in [0.25, 0.3) is 0 Å². The Morgan fingerprint density at radius 3 is 2.43 bits per heavy atom. The van der Waals surface area contributed by atoms with Gasteiger partial charge in [0, 0.05) is 12.6 Å². The molecule has 1 rings (SSSR count). The van der Waals surface area contributed by atoms with Crippen LogP contribution in [-0.4, -0.2) is 12.6 Å². The smallest absolute Gasteiger partial charge is 0.00415 e. The molecule has 0 radical (unpaired) electrons. The van der Waals surface area contributed by atoms with Crippen LogP contribution in [0.15, 0.2) is 0 Å². The lowest BCUT2D eigenvalue weighted by Gasteiger charge is -2.31. The number of hydrogen-bond donors (Lipinski definition) is 1. The van der Waals surface area contributed by atoms with E-state index in [1.807, 2.05) is 0 Å². The van der Waals surface area contributed by atoms with Gasteiger partial charge in [-0.1, -0.05) is 40.0 Å². The van der Waals surface area contributed by atoms with E-state index in [4.69, 9.17) is 0 Å². The van der Waals surface area contributed by atoms with Crippen molar-refractivity contribution in [2.24, 2.45) is 11.3 Å². The second kappa shape index (κ2) is 5.16. The zero-order valence-electron chi connectivity index (χ0n) is 10.4. The van der Waals surface area contributed by atoms with Crippen molar-refractivity contribution < 1.29 is 0 Å². The van der Waals surface area contributed by atoms with Crippen molar-refractivity contribution in [3.8, 4) is 0 Å². The van der Waals surface area contributed by atoms with Crippen LogP contribution in [0.1, 0.15) is 59.8 Å². The van der Waals surface area contributed by atoms with E-state index in [1.165, 1.54) is 32.1 Å². The molecule has 84 valence electrons. The van der Waals surface area contributed by atoms with Crippen molar-refractivity contribution >= 4 is 0 Å². The molecular formula is C13H27N. The largest absolute Gasteiger partial charge is 0.314 e. The molecule has 1 unspecified atom stereocenters. The zero-order valence-corrected chi connectivity index (χ0v) is 10.4.